The number of unbranched alkanes of at least 4 members (excludes halogenated alkanes) is 1. The van der Waals surface area contributed by atoms with Crippen molar-refractivity contribution in [2.45, 2.75) is 44.8 Å². The van der Waals surface area contributed by atoms with E-state index in [-0.39, 0.29) is 10.8 Å². The smallest absolute Gasteiger partial charge is 0.166 e. The van der Waals surface area contributed by atoms with Gasteiger partial charge in [0.15, 0.2) is 11.6 Å². The lowest BCUT2D eigenvalue weighted by atomic mass is 10.0. The third-order valence-electron chi connectivity index (χ3n) is 6.14. The fourth-order valence-corrected chi connectivity index (χ4v) is 4.79. The van der Waals surface area contributed by atoms with E-state index < -0.39 is 11.9 Å². The van der Waals surface area contributed by atoms with Crippen LogP contribution in [0.15, 0.2) is 30.6 Å². The van der Waals surface area contributed by atoms with E-state index in [9.17, 15) is 4.39 Å². The number of halogens is 3. The molecule has 6 nitrogen and oxygen atoms in total. The summed E-state index contributed by atoms with van der Waals surface area (Å²) in [7, 11) is 0. The number of piperidine rings is 1. The average Bonchev–Trinajstić information content (AvgIpc) is 2.85. The number of hydrogen-bond donors (Lipinski definition) is 3. The van der Waals surface area contributed by atoms with Crippen LogP contribution in [0, 0.1) is 23.6 Å². The Kier molecular flexibility index (Phi) is 9.93. The van der Waals surface area contributed by atoms with Gasteiger partial charge in [0, 0.05) is 60.9 Å². The first kappa shape index (κ1) is 27.0. The summed E-state index contributed by atoms with van der Waals surface area (Å²) < 4.78 is 19.9. The molecule has 0 radical (unpaired) electrons. The number of quaternary nitrogens is 1. The molecule has 3 rings (SSSR count). The Labute approximate surface area is 216 Å². The molecule has 0 bridgehead atoms. The molecule has 1 aromatic carbocycles. The first-order chi connectivity index (χ1) is 16.8. The number of ether oxygens (including phenoxy) is 1. The van der Waals surface area contributed by atoms with Gasteiger partial charge in [0.2, 0.25) is 0 Å². The highest BCUT2D eigenvalue weighted by atomic mass is 35.5. The Morgan fingerprint density at radius 2 is 2.17 bits per heavy atom. The SMILES string of the molecule is C#CCCCN1CCC([NH2+]/C=C(\C=N)c2cnc(N)c(O[C@H](C)c3c(Cl)ccc(F)c3Cl)c2)CC1. The van der Waals surface area contributed by atoms with Gasteiger partial charge in [-0.1, -0.05) is 23.2 Å². The van der Waals surface area contributed by atoms with Gasteiger partial charge in [-0.2, -0.15) is 0 Å². The van der Waals surface area contributed by atoms with Crippen LogP contribution in [0.4, 0.5) is 10.2 Å². The van der Waals surface area contributed by atoms with Crippen molar-refractivity contribution in [3.63, 3.8) is 0 Å². The minimum atomic E-state index is -0.671. The fraction of sp³-hybridized carbons (Fsp3) is 0.385. The molecule has 5 N–H and O–H groups in total. The van der Waals surface area contributed by atoms with Crippen LogP contribution in [0.5, 0.6) is 5.75 Å². The highest BCUT2D eigenvalue weighted by Crippen LogP contribution is 2.36. The van der Waals surface area contributed by atoms with Crippen molar-refractivity contribution >= 4 is 40.8 Å². The molecule has 2 heterocycles. The standard InChI is InChI=1S/C26H30Cl2FN5O/c1-3-4-5-10-34-11-8-20(9-12-34)32-16-19(14-30)18-13-23(26(31)33-15-18)35-17(2)24-21(27)6-7-22(29)25(24)28/h1,6-7,13-17,20,30,32H,4-5,8-12H2,2H3,(H2,31,33)/p+1/b19-16+,30-14?/t17-/m1/s1. The van der Waals surface area contributed by atoms with E-state index in [2.05, 4.69) is 21.1 Å². The van der Waals surface area contributed by atoms with Gasteiger partial charge in [0.1, 0.15) is 18.1 Å². The molecule has 0 aliphatic carbocycles. The minimum absolute atomic E-state index is 0.0931. The van der Waals surface area contributed by atoms with Crippen LogP contribution >= 0.6 is 23.2 Å². The Bertz CT molecular complexity index is 1110. The first-order valence-corrected chi connectivity index (χ1v) is 12.4. The zero-order valence-electron chi connectivity index (χ0n) is 19.7. The molecule has 9 heteroatoms. The highest BCUT2D eigenvalue weighted by Gasteiger charge is 2.22. The number of allylic oxidation sites excluding steroid dienone is 1. The normalized spacial score (nSPS) is 16.0. The molecule has 1 aromatic heterocycles. The zero-order valence-corrected chi connectivity index (χ0v) is 21.2. The van der Waals surface area contributed by atoms with Gasteiger partial charge in [-0.3, -0.25) is 0 Å². The molecule has 1 aliphatic rings. The van der Waals surface area contributed by atoms with Gasteiger partial charge in [0.25, 0.3) is 0 Å². The predicted molar refractivity (Wildman–Crippen MR) is 140 cm³/mol. The van der Waals surface area contributed by atoms with Crippen LogP contribution in [0.25, 0.3) is 5.57 Å². The first-order valence-electron chi connectivity index (χ1n) is 11.6. The molecule has 0 unspecified atom stereocenters. The van der Waals surface area contributed by atoms with E-state index in [1.807, 2.05) is 6.20 Å². The Morgan fingerprint density at radius 1 is 1.43 bits per heavy atom. The van der Waals surface area contributed by atoms with Gasteiger partial charge in [-0.15, -0.1) is 12.3 Å². The number of rotatable bonds is 10. The van der Waals surface area contributed by atoms with E-state index in [1.165, 1.54) is 18.3 Å². The third-order valence-corrected chi connectivity index (χ3v) is 6.85. The minimum Gasteiger partial charge on any atom is -0.482 e. The maximum Gasteiger partial charge on any atom is 0.166 e. The Balaban J connectivity index is 1.68. The Hall–Kier alpha value is -2.63. The molecule has 2 aromatic rings. The second kappa shape index (κ2) is 12.9. The summed E-state index contributed by atoms with van der Waals surface area (Å²) in [6.45, 7) is 4.84. The van der Waals surface area contributed by atoms with Crippen molar-refractivity contribution in [3.05, 3.63) is 57.6 Å². The zero-order chi connectivity index (χ0) is 25.4. The van der Waals surface area contributed by atoms with Crippen molar-refractivity contribution in [2.24, 2.45) is 0 Å². The summed E-state index contributed by atoms with van der Waals surface area (Å²) in [4.78, 5) is 6.68. The van der Waals surface area contributed by atoms with Gasteiger partial charge in [-0.25, -0.2) is 9.37 Å². The Morgan fingerprint density at radius 3 is 2.86 bits per heavy atom. The van der Waals surface area contributed by atoms with E-state index in [0.717, 1.165) is 45.3 Å². The molecule has 0 saturated carbocycles. The lowest BCUT2D eigenvalue weighted by molar-refractivity contribution is -0.628. The van der Waals surface area contributed by atoms with Crippen LogP contribution in [-0.2, 0) is 0 Å². The number of anilines is 1. The average molecular weight is 519 g/mol. The molecule has 1 aliphatic heterocycles. The number of nitrogens with one attached hydrogen (secondary N) is 1. The van der Waals surface area contributed by atoms with Gasteiger partial charge < -0.3 is 26.1 Å². The van der Waals surface area contributed by atoms with Crippen molar-refractivity contribution in [2.75, 3.05) is 25.4 Å². The van der Waals surface area contributed by atoms with Gasteiger partial charge >= 0.3 is 0 Å². The molecule has 186 valence electrons. The molecule has 1 fully saturated rings. The maximum atomic E-state index is 14.0. The second-order valence-electron chi connectivity index (χ2n) is 8.57. The fourth-order valence-electron chi connectivity index (χ4n) is 4.11. The van der Waals surface area contributed by atoms with E-state index >= 15 is 0 Å². The number of terminal acetylenes is 1. The molecular weight excluding hydrogens is 488 g/mol. The van der Waals surface area contributed by atoms with E-state index in [4.69, 9.17) is 45.5 Å². The summed E-state index contributed by atoms with van der Waals surface area (Å²) in [5, 5.41) is 10.3. The number of nitrogen functional groups attached to an aromatic ring is 1. The molecule has 1 atom stereocenters. The largest absolute Gasteiger partial charge is 0.482 e. The molecule has 0 amide bonds. The number of aromatic nitrogens is 1. The van der Waals surface area contributed by atoms with Crippen molar-refractivity contribution in [1.29, 1.82) is 5.41 Å². The number of benzene rings is 1. The monoisotopic (exact) mass is 518 g/mol. The number of nitrogens with two attached hydrogens (primary N) is 2. The summed E-state index contributed by atoms with van der Waals surface area (Å²) in [6, 6.07) is 4.81. The van der Waals surface area contributed by atoms with Crippen molar-refractivity contribution in [1.82, 2.24) is 9.88 Å². The van der Waals surface area contributed by atoms with Crippen LogP contribution in [0.3, 0.4) is 0 Å². The summed E-state index contributed by atoms with van der Waals surface area (Å²) in [6.07, 6.45) is 13.5. The van der Waals surface area contributed by atoms with Crippen LogP contribution in [-0.4, -0.2) is 41.8 Å². The highest BCUT2D eigenvalue weighted by molar-refractivity contribution is 6.36. The molecule has 0 spiro atoms. The van der Waals surface area contributed by atoms with Crippen LogP contribution in [0.2, 0.25) is 10.0 Å². The lowest BCUT2D eigenvalue weighted by Crippen LogP contribution is -2.86. The maximum absolute atomic E-state index is 14.0. The van der Waals surface area contributed by atoms with Crippen molar-refractivity contribution < 1.29 is 14.4 Å². The molecular formula is C26H31Cl2FN5O+. The quantitative estimate of drug-likeness (QED) is 0.184. The predicted octanol–water partition coefficient (Wildman–Crippen LogP) is 4.68. The topological polar surface area (TPSA) is 91.8 Å². The third kappa shape index (κ3) is 7.18. The molecule has 1 saturated heterocycles. The van der Waals surface area contributed by atoms with Crippen LogP contribution in [0.1, 0.15) is 49.8 Å². The van der Waals surface area contributed by atoms with Crippen LogP contribution < -0.4 is 15.8 Å². The van der Waals surface area contributed by atoms with E-state index in [1.54, 1.807) is 19.2 Å². The second-order valence-corrected chi connectivity index (χ2v) is 9.36. The van der Waals surface area contributed by atoms with Gasteiger partial charge in [0.05, 0.1) is 16.6 Å². The number of nitrogens with zero attached hydrogens (tertiary/aromatic N) is 2. The number of likely N-dealkylation sites (tertiary alicyclic amines) is 1. The van der Waals surface area contributed by atoms with Crippen molar-refractivity contribution in [3.8, 4) is 18.1 Å². The number of hydrogen-bond acceptors (Lipinski definition) is 5. The summed E-state index contributed by atoms with van der Waals surface area (Å²) in [5.74, 6) is 2.59. The lowest BCUT2D eigenvalue weighted by Gasteiger charge is -2.29. The summed E-state index contributed by atoms with van der Waals surface area (Å²) in [5.41, 5.74) is 7.75. The van der Waals surface area contributed by atoms with Gasteiger partial charge in [-0.05, 0) is 38.1 Å². The number of pyridine rings is 1. The van der Waals surface area contributed by atoms with E-state index in [0.29, 0.717) is 33.5 Å². The summed E-state index contributed by atoms with van der Waals surface area (Å²) >= 11 is 12.3. The molecule has 35 heavy (non-hydrogen) atoms.